The van der Waals surface area contributed by atoms with Crippen LogP contribution in [0.5, 0.6) is 0 Å². The van der Waals surface area contributed by atoms with E-state index < -0.39 is 0 Å². The number of fused-ring (bicyclic) bond motifs is 8. The molecule has 4 aromatic carbocycles. The molecule has 7 heterocycles. The highest BCUT2D eigenvalue weighted by Crippen LogP contribution is 2.44. The fraction of sp³-hybridized carbons (Fsp3) is 0.320. The monoisotopic (exact) mass is 1090 g/mol. The molecular weight excluding hydrogens is 1010 g/mol. The van der Waals surface area contributed by atoms with E-state index >= 15 is 0 Å². The Hall–Kier alpha value is -8.23. The van der Waals surface area contributed by atoms with Crippen molar-refractivity contribution in [2.24, 2.45) is 0 Å². The Morgan fingerprint density at radius 2 is 0.663 bits per heavy atom. The maximum absolute atomic E-state index is 5.84. The summed E-state index contributed by atoms with van der Waals surface area (Å²) in [5, 5.41) is 9.02. The second-order valence-corrected chi connectivity index (χ2v) is 29.2. The van der Waals surface area contributed by atoms with Gasteiger partial charge in [0.15, 0.2) is 0 Å². The third-order valence-corrected chi connectivity index (χ3v) is 16.5. The van der Waals surface area contributed by atoms with Gasteiger partial charge in [-0.05, 0) is 161 Å². The van der Waals surface area contributed by atoms with Crippen LogP contribution in [0.4, 0.5) is 0 Å². The number of H-pyrrole nitrogens is 2. The predicted molar refractivity (Wildman–Crippen MR) is 351 cm³/mol. The van der Waals surface area contributed by atoms with E-state index in [9.17, 15) is 0 Å². The van der Waals surface area contributed by atoms with Crippen molar-refractivity contribution < 1.29 is 0 Å². The number of aromatic nitrogens is 8. The molecule has 0 radical (unpaired) electrons. The van der Waals surface area contributed by atoms with Crippen LogP contribution < -0.4 is 0 Å². The molecule has 5 aromatic heterocycles. The molecule has 422 valence electrons. The van der Waals surface area contributed by atoms with Gasteiger partial charge in [-0.25, -0.2) is 14.6 Å². The molecule has 0 spiro atoms. The maximum atomic E-state index is 5.84. The standard InChI is InChI=1S/C75H82N8/c1-70(2,3)49-35-46(36-50(41-49)71(4,5)6)67-59-28-26-57(77-59)66(45-22-24-55(25-23-45)83-44-65(81-82-83)56-21-19-20-34-76-56)58-27-29-60(78-58)68(47-37-51(72(7,8)9)42-52(38-47)73(10,11)12)62-31-33-64(80-62)69(63-32-30-61(67)79-63)48-39-53(74(13,14)15)43-54(40-48)75(16,17)18/h19-44,77,80H,1-18H3. The summed E-state index contributed by atoms with van der Waals surface area (Å²) in [4.78, 5) is 24.3. The highest BCUT2D eigenvalue weighted by molar-refractivity contribution is 6.00. The van der Waals surface area contributed by atoms with E-state index in [1.807, 2.05) is 24.4 Å². The van der Waals surface area contributed by atoms with Crippen molar-refractivity contribution in [3.05, 3.63) is 190 Å². The Morgan fingerprint density at radius 1 is 0.337 bits per heavy atom. The van der Waals surface area contributed by atoms with Crippen molar-refractivity contribution in [1.82, 2.24) is 39.9 Å². The van der Waals surface area contributed by atoms with Crippen molar-refractivity contribution >= 4 is 46.4 Å². The minimum Gasteiger partial charge on any atom is -0.354 e. The molecule has 11 rings (SSSR count). The zero-order chi connectivity index (χ0) is 59.3. The van der Waals surface area contributed by atoms with Gasteiger partial charge in [0.1, 0.15) is 5.69 Å². The van der Waals surface area contributed by atoms with Crippen LogP contribution in [0.1, 0.15) is 181 Å². The van der Waals surface area contributed by atoms with Crippen LogP contribution in [0.15, 0.2) is 134 Å². The van der Waals surface area contributed by atoms with Crippen LogP contribution in [0.3, 0.4) is 0 Å². The summed E-state index contributed by atoms with van der Waals surface area (Å²) in [5.41, 5.74) is 25.1. The lowest BCUT2D eigenvalue weighted by Gasteiger charge is -2.26. The zero-order valence-corrected chi connectivity index (χ0v) is 52.2. The molecule has 83 heavy (non-hydrogen) atoms. The number of hydrogen-bond donors (Lipinski definition) is 2. The molecule has 8 bridgehead atoms. The lowest BCUT2D eigenvalue weighted by atomic mass is 9.78. The fourth-order valence-corrected chi connectivity index (χ4v) is 11.1. The predicted octanol–water partition coefficient (Wildman–Crippen LogP) is 19.8. The number of pyridine rings is 1. The number of hydrogen-bond acceptors (Lipinski definition) is 5. The Morgan fingerprint density at radius 3 is 0.964 bits per heavy atom. The first-order valence-corrected chi connectivity index (χ1v) is 29.5. The van der Waals surface area contributed by atoms with Crippen molar-refractivity contribution in [2.75, 3.05) is 0 Å². The Kier molecular flexibility index (Phi) is 13.8. The van der Waals surface area contributed by atoms with Gasteiger partial charge in [-0.15, -0.1) is 5.10 Å². The van der Waals surface area contributed by atoms with Gasteiger partial charge in [-0.2, -0.15) is 0 Å². The fourth-order valence-electron chi connectivity index (χ4n) is 11.1. The summed E-state index contributed by atoms with van der Waals surface area (Å²) in [6.07, 6.45) is 12.6. The molecule has 0 saturated carbocycles. The number of benzene rings is 4. The SMILES string of the molecule is CC(C)(C)c1cc(-c2c3nc(c(-c4cc(C(C)(C)C)cc(C(C)(C)C)c4)c4ccc([nH]4)c(-c4cc(C(C)(C)C)cc(C(C)(C)C)c4)c4nc(c(-c5ccc(-n6cc(-c7ccccn7)nn6)cc5)c5ccc2[nH]5)C=C4)C=C3)cc(C(C)(C)C)c1. The Bertz CT molecular complexity index is 4060. The van der Waals surface area contributed by atoms with Gasteiger partial charge in [-0.3, -0.25) is 4.98 Å². The molecule has 2 aliphatic rings. The molecule has 2 aliphatic heterocycles. The molecule has 0 fully saturated rings. The lowest BCUT2D eigenvalue weighted by Crippen LogP contribution is -2.16. The van der Waals surface area contributed by atoms with Gasteiger partial charge >= 0.3 is 0 Å². The Labute approximate surface area is 492 Å². The smallest absolute Gasteiger partial charge is 0.131 e. The van der Waals surface area contributed by atoms with Gasteiger partial charge in [0, 0.05) is 50.5 Å². The van der Waals surface area contributed by atoms with Gasteiger partial charge in [0.2, 0.25) is 0 Å². The van der Waals surface area contributed by atoms with Crippen LogP contribution in [-0.2, 0) is 32.5 Å². The number of rotatable bonds is 6. The third kappa shape index (κ3) is 11.4. The minimum absolute atomic E-state index is 0.111. The summed E-state index contributed by atoms with van der Waals surface area (Å²) in [5.74, 6) is 0. The highest BCUT2D eigenvalue weighted by Gasteiger charge is 2.28. The molecule has 8 heteroatoms. The molecule has 0 saturated heterocycles. The summed E-state index contributed by atoms with van der Waals surface area (Å²) >= 11 is 0. The topological polar surface area (TPSA) is 101 Å². The second kappa shape index (κ2) is 20.3. The first-order chi connectivity index (χ1) is 38.9. The third-order valence-electron chi connectivity index (χ3n) is 16.5. The number of aromatic amines is 2. The molecule has 0 atom stereocenters. The summed E-state index contributed by atoms with van der Waals surface area (Å²) in [7, 11) is 0. The lowest BCUT2D eigenvalue weighted by molar-refractivity contribution is 0.568. The first kappa shape index (κ1) is 56.6. The molecular formula is C75H82N8. The molecule has 2 N–H and O–H groups in total. The highest BCUT2D eigenvalue weighted by atomic mass is 15.4. The van der Waals surface area contributed by atoms with Crippen LogP contribution >= 0.6 is 0 Å². The van der Waals surface area contributed by atoms with Crippen molar-refractivity contribution in [3.8, 4) is 61.6 Å². The van der Waals surface area contributed by atoms with E-state index in [1.54, 1.807) is 10.9 Å². The average Bonchev–Trinajstić information content (AvgIpc) is 3.89. The van der Waals surface area contributed by atoms with Crippen LogP contribution in [-0.4, -0.2) is 39.9 Å². The van der Waals surface area contributed by atoms with Gasteiger partial charge in [-0.1, -0.05) is 203 Å². The molecule has 8 nitrogen and oxygen atoms in total. The Balaban J connectivity index is 1.29. The number of nitrogens with one attached hydrogen (secondary N) is 2. The molecule has 0 amide bonds. The van der Waals surface area contributed by atoms with E-state index in [4.69, 9.17) is 9.97 Å². The van der Waals surface area contributed by atoms with Crippen molar-refractivity contribution in [3.63, 3.8) is 0 Å². The number of nitrogens with zero attached hydrogens (tertiary/aromatic N) is 6. The van der Waals surface area contributed by atoms with E-state index in [0.717, 1.165) is 101 Å². The molecule has 0 aliphatic carbocycles. The van der Waals surface area contributed by atoms with Gasteiger partial charge in [0.25, 0.3) is 0 Å². The normalized spacial score (nSPS) is 13.3. The largest absolute Gasteiger partial charge is 0.354 e. The van der Waals surface area contributed by atoms with Crippen LogP contribution in [0.2, 0.25) is 0 Å². The van der Waals surface area contributed by atoms with Crippen LogP contribution in [0, 0.1) is 0 Å². The van der Waals surface area contributed by atoms with E-state index in [2.05, 4.69) is 277 Å². The average molecular weight is 1100 g/mol. The summed E-state index contributed by atoms with van der Waals surface area (Å²) in [6, 6.07) is 44.9. The molecule has 0 unspecified atom stereocenters. The first-order valence-electron chi connectivity index (χ1n) is 29.5. The summed E-state index contributed by atoms with van der Waals surface area (Å²) < 4.78 is 1.81. The van der Waals surface area contributed by atoms with E-state index in [1.165, 1.54) is 33.4 Å². The summed E-state index contributed by atoms with van der Waals surface area (Å²) in [6.45, 7) is 41.6. The quantitative estimate of drug-likeness (QED) is 0.173. The second-order valence-electron chi connectivity index (χ2n) is 29.2. The van der Waals surface area contributed by atoms with Crippen molar-refractivity contribution in [1.29, 1.82) is 0 Å². The molecule has 9 aromatic rings. The maximum Gasteiger partial charge on any atom is 0.131 e. The zero-order valence-electron chi connectivity index (χ0n) is 52.2. The van der Waals surface area contributed by atoms with E-state index in [-0.39, 0.29) is 32.5 Å². The van der Waals surface area contributed by atoms with Crippen molar-refractivity contribution in [2.45, 2.75) is 157 Å². The van der Waals surface area contributed by atoms with Gasteiger partial charge < -0.3 is 9.97 Å². The van der Waals surface area contributed by atoms with E-state index in [0.29, 0.717) is 5.69 Å². The minimum atomic E-state index is -0.117. The van der Waals surface area contributed by atoms with Gasteiger partial charge in [0.05, 0.1) is 40.4 Å². The van der Waals surface area contributed by atoms with Crippen LogP contribution in [0.25, 0.3) is 108 Å².